The number of hydrogen-bond donors (Lipinski definition) is 1. The van der Waals surface area contributed by atoms with E-state index in [0.29, 0.717) is 17.4 Å². The fourth-order valence-corrected chi connectivity index (χ4v) is 2.16. The number of fused-ring (bicyclic) bond motifs is 1. The Balaban J connectivity index is 2.22. The van der Waals surface area contributed by atoms with Crippen molar-refractivity contribution in [3.63, 3.8) is 0 Å². The third-order valence-electron chi connectivity index (χ3n) is 2.98. The minimum atomic E-state index is -0.911. The predicted octanol–water partition coefficient (Wildman–Crippen LogP) is 2.22. The van der Waals surface area contributed by atoms with Gasteiger partial charge in [0.2, 0.25) is 11.7 Å². The molecule has 0 spiro atoms. The van der Waals surface area contributed by atoms with Crippen LogP contribution in [0.4, 0.5) is 0 Å². The van der Waals surface area contributed by atoms with Gasteiger partial charge in [-0.25, -0.2) is 0 Å². The zero-order valence-corrected chi connectivity index (χ0v) is 10.7. The Morgan fingerprint density at radius 2 is 2.15 bits per heavy atom. The SMILES string of the molecule is Cc1nc(-c2cccc3c(CC(=O)O)nccc23)no1. The Morgan fingerprint density at radius 3 is 2.85 bits per heavy atom. The van der Waals surface area contributed by atoms with E-state index in [1.165, 1.54) is 0 Å². The second kappa shape index (κ2) is 4.73. The summed E-state index contributed by atoms with van der Waals surface area (Å²) in [6, 6.07) is 7.37. The molecule has 0 amide bonds. The van der Waals surface area contributed by atoms with Gasteiger partial charge in [0.1, 0.15) is 0 Å². The molecule has 6 heteroatoms. The maximum atomic E-state index is 10.9. The second-order valence-electron chi connectivity index (χ2n) is 4.37. The molecule has 20 heavy (non-hydrogen) atoms. The first-order valence-corrected chi connectivity index (χ1v) is 6.04. The van der Waals surface area contributed by atoms with Crippen molar-refractivity contribution in [1.82, 2.24) is 15.1 Å². The molecule has 3 rings (SSSR count). The summed E-state index contributed by atoms with van der Waals surface area (Å²) >= 11 is 0. The van der Waals surface area contributed by atoms with Crippen molar-refractivity contribution in [2.24, 2.45) is 0 Å². The number of pyridine rings is 1. The maximum Gasteiger partial charge on any atom is 0.309 e. The fourth-order valence-electron chi connectivity index (χ4n) is 2.16. The van der Waals surface area contributed by atoms with Crippen molar-refractivity contribution >= 4 is 16.7 Å². The summed E-state index contributed by atoms with van der Waals surface area (Å²) < 4.78 is 4.99. The van der Waals surface area contributed by atoms with E-state index in [1.807, 2.05) is 24.3 Å². The lowest BCUT2D eigenvalue weighted by atomic mass is 10.0. The van der Waals surface area contributed by atoms with Crippen LogP contribution < -0.4 is 0 Å². The molecule has 0 aliphatic heterocycles. The standard InChI is InChI=1S/C14H11N3O3/c1-8-16-14(17-20-8)11-4-2-3-10-9(11)5-6-15-12(10)7-13(18)19/h2-6H,7H2,1H3,(H,18,19). The number of aliphatic carboxylic acids is 1. The number of carbonyl (C=O) groups is 1. The third kappa shape index (κ3) is 2.11. The number of hydrogen-bond acceptors (Lipinski definition) is 5. The Morgan fingerprint density at radius 1 is 1.30 bits per heavy atom. The lowest BCUT2D eigenvalue weighted by Crippen LogP contribution is -2.03. The van der Waals surface area contributed by atoms with Crippen molar-refractivity contribution in [2.45, 2.75) is 13.3 Å². The molecule has 0 saturated heterocycles. The molecule has 1 aromatic carbocycles. The van der Waals surface area contributed by atoms with E-state index in [9.17, 15) is 4.79 Å². The molecular formula is C14H11N3O3. The van der Waals surface area contributed by atoms with Gasteiger partial charge in [0, 0.05) is 24.1 Å². The van der Waals surface area contributed by atoms with Crippen LogP contribution in [0.3, 0.4) is 0 Å². The number of carboxylic acids is 1. The lowest BCUT2D eigenvalue weighted by Gasteiger charge is -2.06. The van der Waals surface area contributed by atoms with Gasteiger partial charge in [0.15, 0.2) is 0 Å². The number of aryl methyl sites for hydroxylation is 1. The van der Waals surface area contributed by atoms with Crippen LogP contribution in [-0.4, -0.2) is 26.2 Å². The summed E-state index contributed by atoms with van der Waals surface area (Å²) in [5, 5.41) is 14.5. The highest BCUT2D eigenvalue weighted by Crippen LogP contribution is 2.27. The van der Waals surface area contributed by atoms with Crippen molar-refractivity contribution in [1.29, 1.82) is 0 Å². The van der Waals surface area contributed by atoms with Crippen molar-refractivity contribution in [2.75, 3.05) is 0 Å². The van der Waals surface area contributed by atoms with Gasteiger partial charge in [-0.1, -0.05) is 23.4 Å². The molecule has 0 saturated carbocycles. The number of nitrogens with zero attached hydrogens (tertiary/aromatic N) is 3. The van der Waals surface area contributed by atoms with Crippen molar-refractivity contribution in [3.8, 4) is 11.4 Å². The summed E-state index contributed by atoms with van der Waals surface area (Å²) in [6.07, 6.45) is 1.48. The lowest BCUT2D eigenvalue weighted by molar-refractivity contribution is -0.136. The Bertz CT molecular complexity index is 795. The van der Waals surface area contributed by atoms with Gasteiger partial charge in [-0.2, -0.15) is 4.98 Å². The topological polar surface area (TPSA) is 89.1 Å². The molecule has 0 aliphatic rings. The molecule has 0 unspecified atom stereocenters. The van der Waals surface area contributed by atoms with Gasteiger partial charge in [0.05, 0.1) is 12.1 Å². The molecule has 0 radical (unpaired) electrons. The van der Waals surface area contributed by atoms with Crippen LogP contribution in [-0.2, 0) is 11.2 Å². The van der Waals surface area contributed by atoms with Crippen LogP contribution in [0.1, 0.15) is 11.6 Å². The largest absolute Gasteiger partial charge is 0.481 e. The van der Waals surface area contributed by atoms with Crippen LogP contribution in [0.25, 0.3) is 22.2 Å². The zero-order chi connectivity index (χ0) is 14.1. The normalized spacial score (nSPS) is 10.8. The highest BCUT2D eigenvalue weighted by atomic mass is 16.5. The summed E-state index contributed by atoms with van der Waals surface area (Å²) in [4.78, 5) is 19.2. The molecule has 1 N–H and O–H groups in total. The number of benzene rings is 1. The van der Waals surface area contributed by atoms with Crippen LogP contribution >= 0.6 is 0 Å². The summed E-state index contributed by atoms with van der Waals surface area (Å²) in [5.41, 5.74) is 1.32. The van der Waals surface area contributed by atoms with Crippen molar-refractivity contribution < 1.29 is 14.4 Å². The number of carboxylic acid groups (broad SMARTS) is 1. The van der Waals surface area contributed by atoms with E-state index >= 15 is 0 Å². The molecule has 6 nitrogen and oxygen atoms in total. The fraction of sp³-hybridized carbons (Fsp3) is 0.143. The summed E-state index contributed by atoms with van der Waals surface area (Å²) in [7, 11) is 0. The molecule has 2 aromatic heterocycles. The van der Waals surface area contributed by atoms with E-state index in [1.54, 1.807) is 13.1 Å². The molecule has 3 aromatic rings. The minimum absolute atomic E-state index is 0.119. The van der Waals surface area contributed by atoms with Crippen molar-refractivity contribution in [3.05, 3.63) is 42.0 Å². The maximum absolute atomic E-state index is 10.9. The van der Waals surface area contributed by atoms with Crippen LogP contribution in [0.15, 0.2) is 35.0 Å². The average molecular weight is 269 g/mol. The van der Waals surface area contributed by atoms with Gasteiger partial charge >= 0.3 is 5.97 Å². The third-order valence-corrected chi connectivity index (χ3v) is 2.98. The molecule has 0 aliphatic carbocycles. The van der Waals surface area contributed by atoms with Crippen LogP contribution in [0.2, 0.25) is 0 Å². The Hall–Kier alpha value is -2.76. The van der Waals surface area contributed by atoms with Gasteiger partial charge < -0.3 is 9.63 Å². The zero-order valence-electron chi connectivity index (χ0n) is 10.7. The molecule has 0 atom stereocenters. The second-order valence-corrected chi connectivity index (χ2v) is 4.37. The summed E-state index contributed by atoms with van der Waals surface area (Å²) in [6.45, 7) is 1.72. The first-order valence-electron chi connectivity index (χ1n) is 6.04. The van der Waals surface area contributed by atoms with Gasteiger partial charge in [-0.15, -0.1) is 0 Å². The first kappa shape index (κ1) is 12.3. The van der Waals surface area contributed by atoms with Crippen LogP contribution in [0, 0.1) is 6.92 Å². The molecule has 2 heterocycles. The van der Waals surface area contributed by atoms with Gasteiger partial charge in [-0.05, 0) is 11.5 Å². The first-order chi connectivity index (χ1) is 9.65. The summed E-state index contributed by atoms with van der Waals surface area (Å²) in [5.74, 6) is 0.0585. The van der Waals surface area contributed by atoms with E-state index in [-0.39, 0.29) is 6.42 Å². The van der Waals surface area contributed by atoms with Gasteiger partial charge in [-0.3, -0.25) is 9.78 Å². The Kier molecular flexibility index (Phi) is 2.90. The number of aromatic nitrogens is 3. The minimum Gasteiger partial charge on any atom is -0.481 e. The quantitative estimate of drug-likeness (QED) is 0.784. The number of rotatable bonds is 3. The highest BCUT2D eigenvalue weighted by Gasteiger charge is 2.13. The predicted molar refractivity (Wildman–Crippen MR) is 71.1 cm³/mol. The molecular weight excluding hydrogens is 258 g/mol. The molecule has 0 bridgehead atoms. The van der Waals surface area contributed by atoms with Crippen LogP contribution in [0.5, 0.6) is 0 Å². The molecule has 100 valence electrons. The van der Waals surface area contributed by atoms with Gasteiger partial charge in [0.25, 0.3) is 0 Å². The van der Waals surface area contributed by atoms with E-state index < -0.39 is 5.97 Å². The van der Waals surface area contributed by atoms with E-state index in [2.05, 4.69) is 15.1 Å². The van der Waals surface area contributed by atoms with E-state index in [4.69, 9.17) is 9.63 Å². The Labute approximate surface area is 114 Å². The van der Waals surface area contributed by atoms with E-state index in [0.717, 1.165) is 16.3 Å². The monoisotopic (exact) mass is 269 g/mol. The smallest absolute Gasteiger partial charge is 0.309 e. The molecule has 0 fully saturated rings. The average Bonchev–Trinajstić information content (AvgIpc) is 2.84. The highest BCUT2D eigenvalue weighted by molar-refractivity contribution is 5.97.